The summed E-state index contributed by atoms with van der Waals surface area (Å²) in [5, 5.41) is 3.71. The zero-order valence-electron chi connectivity index (χ0n) is 12.8. The first-order valence-corrected chi connectivity index (χ1v) is 8.12. The predicted octanol–water partition coefficient (Wildman–Crippen LogP) is 2.97. The molecule has 0 radical (unpaired) electrons. The van der Waals surface area contributed by atoms with Crippen LogP contribution >= 0.6 is 11.3 Å². The number of methoxy groups -OCH3 is 1. The minimum absolute atomic E-state index is 0.0866. The van der Waals surface area contributed by atoms with Crippen molar-refractivity contribution in [3.05, 3.63) is 53.6 Å². The third-order valence-corrected chi connectivity index (χ3v) is 4.84. The molecule has 3 aromatic rings. The molecule has 7 heteroatoms. The molecular formula is C17H13N3O3S. The Balaban J connectivity index is 1.53. The molecule has 1 aromatic heterocycles. The van der Waals surface area contributed by atoms with Gasteiger partial charge < -0.3 is 10.1 Å². The van der Waals surface area contributed by atoms with Gasteiger partial charge in [-0.05, 0) is 30.3 Å². The zero-order chi connectivity index (χ0) is 16.7. The predicted molar refractivity (Wildman–Crippen MR) is 91.6 cm³/mol. The number of amides is 2. The zero-order valence-corrected chi connectivity index (χ0v) is 13.6. The van der Waals surface area contributed by atoms with Crippen LogP contribution in [0.1, 0.15) is 20.7 Å². The van der Waals surface area contributed by atoms with Gasteiger partial charge in [-0.25, -0.2) is 4.98 Å². The van der Waals surface area contributed by atoms with Gasteiger partial charge in [0.05, 0.1) is 28.5 Å². The topological polar surface area (TPSA) is 71.5 Å². The fourth-order valence-electron chi connectivity index (χ4n) is 2.64. The highest BCUT2D eigenvalue weighted by Crippen LogP contribution is 2.29. The molecule has 4 rings (SSSR count). The normalized spacial score (nSPS) is 13.5. The Morgan fingerprint density at radius 1 is 1.12 bits per heavy atom. The first-order valence-electron chi connectivity index (χ1n) is 7.31. The van der Waals surface area contributed by atoms with Crippen molar-refractivity contribution < 1.29 is 14.3 Å². The Morgan fingerprint density at radius 2 is 1.83 bits per heavy atom. The lowest BCUT2D eigenvalue weighted by Gasteiger charge is -2.13. The van der Waals surface area contributed by atoms with Gasteiger partial charge in [0, 0.05) is 0 Å². The van der Waals surface area contributed by atoms with Crippen LogP contribution in [0.25, 0.3) is 10.2 Å². The number of ether oxygens (including phenoxy) is 1. The van der Waals surface area contributed by atoms with Gasteiger partial charge in [-0.2, -0.15) is 0 Å². The smallest absolute Gasteiger partial charge is 0.263 e. The minimum Gasteiger partial charge on any atom is -0.497 e. The molecule has 0 saturated heterocycles. The molecule has 0 saturated carbocycles. The number of anilines is 1. The largest absolute Gasteiger partial charge is 0.497 e. The van der Waals surface area contributed by atoms with Crippen molar-refractivity contribution in [2.45, 2.75) is 0 Å². The third kappa shape index (κ3) is 2.30. The average Bonchev–Trinajstić information content (AvgIpc) is 3.12. The standard InChI is InChI=1S/C17H13N3O3S/c1-23-10-6-7-13-14(8-10)24-17(19-13)18-9-20-15(21)11-4-2-3-5-12(11)16(20)22/h2-8H,9H2,1H3,(H,18,19). The number of aromatic nitrogens is 1. The van der Waals surface area contributed by atoms with E-state index in [0.717, 1.165) is 16.0 Å². The molecule has 1 aliphatic heterocycles. The van der Waals surface area contributed by atoms with Crippen molar-refractivity contribution >= 4 is 38.5 Å². The average molecular weight is 339 g/mol. The molecule has 1 N–H and O–H groups in total. The summed E-state index contributed by atoms with van der Waals surface area (Å²) in [5.41, 5.74) is 1.72. The van der Waals surface area contributed by atoms with Crippen LogP contribution in [-0.4, -0.2) is 35.5 Å². The summed E-state index contributed by atoms with van der Waals surface area (Å²) < 4.78 is 6.17. The number of nitrogens with one attached hydrogen (secondary N) is 1. The van der Waals surface area contributed by atoms with Crippen LogP contribution in [0.3, 0.4) is 0 Å². The summed E-state index contributed by atoms with van der Waals surface area (Å²) in [7, 11) is 1.61. The molecule has 0 aliphatic carbocycles. The summed E-state index contributed by atoms with van der Waals surface area (Å²) in [6.45, 7) is 0.0866. The van der Waals surface area contributed by atoms with E-state index in [4.69, 9.17) is 4.74 Å². The Labute approximate surface area is 141 Å². The fourth-order valence-corrected chi connectivity index (χ4v) is 3.52. The number of thiazole rings is 1. The molecule has 2 heterocycles. The minimum atomic E-state index is -0.286. The van der Waals surface area contributed by atoms with Gasteiger partial charge in [-0.3, -0.25) is 14.5 Å². The second kappa shape index (κ2) is 5.61. The van der Waals surface area contributed by atoms with Gasteiger partial charge in [-0.15, -0.1) is 0 Å². The first-order chi connectivity index (χ1) is 11.7. The number of carbonyl (C=O) groups excluding carboxylic acids is 2. The summed E-state index contributed by atoms with van der Waals surface area (Å²) in [6, 6.07) is 12.5. The quantitative estimate of drug-likeness (QED) is 0.740. The second-order valence-electron chi connectivity index (χ2n) is 5.27. The maximum atomic E-state index is 12.3. The Kier molecular flexibility index (Phi) is 3.42. The van der Waals surface area contributed by atoms with E-state index in [2.05, 4.69) is 10.3 Å². The maximum absolute atomic E-state index is 12.3. The van der Waals surface area contributed by atoms with E-state index in [1.54, 1.807) is 31.4 Å². The van der Waals surface area contributed by atoms with E-state index >= 15 is 0 Å². The second-order valence-corrected chi connectivity index (χ2v) is 6.30. The van der Waals surface area contributed by atoms with Gasteiger partial charge in [0.2, 0.25) is 0 Å². The number of imide groups is 1. The van der Waals surface area contributed by atoms with Crippen LogP contribution in [0.2, 0.25) is 0 Å². The van der Waals surface area contributed by atoms with E-state index in [1.165, 1.54) is 16.2 Å². The lowest BCUT2D eigenvalue weighted by Crippen LogP contribution is -2.34. The Hall–Kier alpha value is -2.93. The molecule has 0 bridgehead atoms. The molecule has 0 fully saturated rings. The molecule has 0 atom stereocenters. The van der Waals surface area contributed by atoms with Crippen LogP contribution < -0.4 is 10.1 Å². The Morgan fingerprint density at radius 3 is 2.50 bits per heavy atom. The van der Waals surface area contributed by atoms with Crippen molar-refractivity contribution in [2.24, 2.45) is 0 Å². The number of hydrogen-bond acceptors (Lipinski definition) is 6. The highest BCUT2D eigenvalue weighted by molar-refractivity contribution is 7.22. The number of nitrogens with zero attached hydrogens (tertiary/aromatic N) is 2. The van der Waals surface area contributed by atoms with Crippen molar-refractivity contribution in [3.63, 3.8) is 0 Å². The lowest BCUT2D eigenvalue weighted by atomic mass is 10.1. The Bertz CT molecular complexity index is 932. The van der Waals surface area contributed by atoms with Gasteiger partial charge in [0.25, 0.3) is 11.8 Å². The fraction of sp³-hybridized carbons (Fsp3) is 0.118. The van der Waals surface area contributed by atoms with Gasteiger partial charge in [-0.1, -0.05) is 23.5 Å². The number of fused-ring (bicyclic) bond motifs is 2. The van der Waals surface area contributed by atoms with Crippen LogP contribution in [-0.2, 0) is 0 Å². The molecule has 2 amide bonds. The van der Waals surface area contributed by atoms with E-state index < -0.39 is 0 Å². The van der Waals surface area contributed by atoms with Crippen molar-refractivity contribution in [2.75, 3.05) is 19.1 Å². The molecule has 6 nitrogen and oxygen atoms in total. The third-order valence-electron chi connectivity index (χ3n) is 3.86. The van der Waals surface area contributed by atoms with E-state index in [-0.39, 0.29) is 18.5 Å². The summed E-state index contributed by atoms with van der Waals surface area (Å²) in [4.78, 5) is 30.3. The highest BCUT2D eigenvalue weighted by atomic mass is 32.1. The lowest BCUT2D eigenvalue weighted by molar-refractivity contribution is 0.0666. The molecule has 0 unspecified atom stereocenters. The number of hydrogen-bond donors (Lipinski definition) is 1. The van der Waals surface area contributed by atoms with E-state index in [0.29, 0.717) is 16.3 Å². The van der Waals surface area contributed by atoms with Gasteiger partial charge >= 0.3 is 0 Å². The summed E-state index contributed by atoms with van der Waals surface area (Å²) >= 11 is 1.45. The molecule has 0 spiro atoms. The van der Waals surface area contributed by atoms with Crippen LogP contribution in [0.4, 0.5) is 5.13 Å². The first kappa shape index (κ1) is 14.6. The van der Waals surface area contributed by atoms with Gasteiger partial charge in [0.1, 0.15) is 12.4 Å². The molecule has 1 aliphatic rings. The van der Waals surface area contributed by atoms with Crippen LogP contribution in [0.5, 0.6) is 5.75 Å². The number of carbonyl (C=O) groups is 2. The SMILES string of the molecule is COc1ccc2nc(NCN3C(=O)c4ccccc4C3=O)sc2c1. The highest BCUT2D eigenvalue weighted by Gasteiger charge is 2.34. The van der Waals surface area contributed by atoms with E-state index in [9.17, 15) is 9.59 Å². The van der Waals surface area contributed by atoms with Crippen molar-refractivity contribution in [1.29, 1.82) is 0 Å². The van der Waals surface area contributed by atoms with Crippen molar-refractivity contribution in [1.82, 2.24) is 9.88 Å². The van der Waals surface area contributed by atoms with Crippen molar-refractivity contribution in [3.8, 4) is 5.75 Å². The summed E-state index contributed by atoms with van der Waals surface area (Å²) in [5.74, 6) is 0.190. The van der Waals surface area contributed by atoms with Crippen LogP contribution in [0, 0.1) is 0 Å². The molecule has 120 valence electrons. The van der Waals surface area contributed by atoms with Crippen LogP contribution in [0.15, 0.2) is 42.5 Å². The maximum Gasteiger partial charge on any atom is 0.263 e. The summed E-state index contributed by atoms with van der Waals surface area (Å²) in [6.07, 6.45) is 0. The number of benzene rings is 2. The number of rotatable bonds is 4. The molecular weight excluding hydrogens is 326 g/mol. The van der Waals surface area contributed by atoms with E-state index in [1.807, 2.05) is 18.2 Å². The van der Waals surface area contributed by atoms with Gasteiger partial charge in [0.15, 0.2) is 5.13 Å². The monoisotopic (exact) mass is 339 g/mol. The molecule has 2 aromatic carbocycles. The molecule has 24 heavy (non-hydrogen) atoms.